The van der Waals surface area contributed by atoms with Crippen LogP contribution in [0.25, 0.3) is 0 Å². The van der Waals surface area contributed by atoms with Gasteiger partial charge in [-0.25, -0.2) is 4.79 Å². The number of carbonyl (C=O) groups is 1. The predicted molar refractivity (Wildman–Crippen MR) is 79.7 cm³/mol. The Kier molecular flexibility index (Phi) is 3.88. The largest absolute Gasteiger partial charge is 0.488 e. The van der Waals surface area contributed by atoms with Crippen molar-refractivity contribution in [3.63, 3.8) is 0 Å². The van der Waals surface area contributed by atoms with Crippen molar-refractivity contribution in [3.8, 4) is 5.75 Å². The number of rotatable bonds is 5. The summed E-state index contributed by atoms with van der Waals surface area (Å²) in [6, 6.07) is 15.1. The number of benzene rings is 2. The lowest BCUT2D eigenvalue weighted by molar-refractivity contribution is 0.0696. The molecule has 0 amide bonds. The number of fused-ring (bicyclic) bond motifs is 1. The molecule has 0 saturated carbocycles. The summed E-state index contributed by atoms with van der Waals surface area (Å²) in [7, 11) is 0. The fraction of sp³-hybridized carbons (Fsp3) is 0.235. The van der Waals surface area contributed by atoms with Gasteiger partial charge in [0.15, 0.2) is 0 Å². The van der Waals surface area contributed by atoms with E-state index in [1.807, 2.05) is 24.3 Å². The lowest BCUT2D eigenvalue weighted by Gasteiger charge is -2.12. The zero-order valence-corrected chi connectivity index (χ0v) is 11.6. The molecule has 21 heavy (non-hydrogen) atoms. The molecular weight excluding hydrogens is 266 g/mol. The van der Waals surface area contributed by atoms with Crippen molar-refractivity contribution in [1.29, 1.82) is 0 Å². The third-order valence-corrected chi connectivity index (χ3v) is 3.59. The molecule has 0 bridgehead atoms. The molecule has 1 aliphatic heterocycles. The normalized spacial score (nSPS) is 16.3. The van der Waals surface area contributed by atoms with Gasteiger partial charge in [0.25, 0.3) is 0 Å². The average Bonchev–Trinajstić information content (AvgIpc) is 2.90. The molecule has 108 valence electrons. The standard InChI is InChI=1S/C17H17NO3/c19-17(20)14-6-3-4-12(8-14)10-18-11-15-9-13-5-1-2-7-16(13)21-15/h1-8,15,18H,9-11H2,(H,19,20). The molecular formula is C17H17NO3. The average molecular weight is 283 g/mol. The summed E-state index contributed by atoms with van der Waals surface area (Å²) in [6.45, 7) is 1.38. The maximum absolute atomic E-state index is 10.9. The molecule has 3 rings (SSSR count). The number of para-hydroxylation sites is 1. The van der Waals surface area contributed by atoms with Crippen LogP contribution in [-0.2, 0) is 13.0 Å². The van der Waals surface area contributed by atoms with E-state index in [0.717, 1.165) is 24.3 Å². The molecule has 4 nitrogen and oxygen atoms in total. The highest BCUT2D eigenvalue weighted by Gasteiger charge is 2.21. The Morgan fingerprint density at radius 3 is 2.90 bits per heavy atom. The van der Waals surface area contributed by atoms with Gasteiger partial charge in [-0.1, -0.05) is 30.3 Å². The Balaban J connectivity index is 1.51. The van der Waals surface area contributed by atoms with E-state index in [2.05, 4.69) is 11.4 Å². The SMILES string of the molecule is O=C(O)c1cccc(CNCC2Cc3ccccc3O2)c1. The Morgan fingerprint density at radius 2 is 2.10 bits per heavy atom. The van der Waals surface area contributed by atoms with Gasteiger partial charge in [-0.3, -0.25) is 0 Å². The van der Waals surface area contributed by atoms with Crippen LogP contribution in [0.2, 0.25) is 0 Å². The summed E-state index contributed by atoms with van der Waals surface area (Å²) in [4.78, 5) is 10.9. The van der Waals surface area contributed by atoms with Crippen molar-refractivity contribution >= 4 is 5.97 Å². The molecule has 0 saturated heterocycles. The zero-order chi connectivity index (χ0) is 14.7. The van der Waals surface area contributed by atoms with E-state index in [4.69, 9.17) is 9.84 Å². The summed E-state index contributed by atoms with van der Waals surface area (Å²) in [5, 5.41) is 12.3. The van der Waals surface area contributed by atoms with Crippen LogP contribution in [0.4, 0.5) is 0 Å². The molecule has 1 unspecified atom stereocenters. The second-order valence-electron chi connectivity index (χ2n) is 5.19. The highest BCUT2D eigenvalue weighted by atomic mass is 16.5. The first-order valence-electron chi connectivity index (χ1n) is 7.00. The molecule has 1 heterocycles. The summed E-state index contributed by atoms with van der Waals surface area (Å²) in [6.07, 6.45) is 1.06. The van der Waals surface area contributed by atoms with Gasteiger partial charge in [-0.2, -0.15) is 0 Å². The van der Waals surface area contributed by atoms with Crippen molar-refractivity contribution in [3.05, 3.63) is 65.2 Å². The van der Waals surface area contributed by atoms with Gasteiger partial charge in [0.2, 0.25) is 0 Å². The second-order valence-corrected chi connectivity index (χ2v) is 5.19. The summed E-state index contributed by atoms with van der Waals surface area (Å²) in [5.41, 5.74) is 2.53. The maximum Gasteiger partial charge on any atom is 0.335 e. The van der Waals surface area contributed by atoms with Crippen LogP contribution in [0.15, 0.2) is 48.5 Å². The van der Waals surface area contributed by atoms with E-state index in [1.54, 1.807) is 18.2 Å². The highest BCUT2D eigenvalue weighted by molar-refractivity contribution is 5.87. The van der Waals surface area contributed by atoms with Crippen LogP contribution in [0, 0.1) is 0 Å². The van der Waals surface area contributed by atoms with Crippen molar-refractivity contribution in [1.82, 2.24) is 5.32 Å². The smallest absolute Gasteiger partial charge is 0.335 e. The molecule has 0 radical (unpaired) electrons. The van der Waals surface area contributed by atoms with Gasteiger partial charge < -0.3 is 15.2 Å². The minimum Gasteiger partial charge on any atom is -0.488 e. The maximum atomic E-state index is 10.9. The summed E-state index contributed by atoms with van der Waals surface area (Å²) in [5.74, 6) is 0.0728. The number of aromatic carboxylic acids is 1. The number of carboxylic acid groups (broad SMARTS) is 1. The molecule has 2 aromatic rings. The monoisotopic (exact) mass is 283 g/mol. The van der Waals surface area contributed by atoms with Crippen LogP contribution in [0.5, 0.6) is 5.75 Å². The quantitative estimate of drug-likeness (QED) is 0.885. The van der Waals surface area contributed by atoms with E-state index in [1.165, 1.54) is 5.56 Å². The second kappa shape index (κ2) is 5.97. The summed E-state index contributed by atoms with van der Waals surface area (Å²) >= 11 is 0. The molecule has 2 N–H and O–H groups in total. The van der Waals surface area contributed by atoms with Crippen LogP contribution < -0.4 is 10.1 Å². The minimum atomic E-state index is -0.897. The van der Waals surface area contributed by atoms with Crippen molar-refractivity contribution < 1.29 is 14.6 Å². The van der Waals surface area contributed by atoms with Crippen molar-refractivity contribution in [2.24, 2.45) is 0 Å². The van der Waals surface area contributed by atoms with Crippen LogP contribution >= 0.6 is 0 Å². The first kappa shape index (κ1) is 13.6. The van der Waals surface area contributed by atoms with Gasteiger partial charge in [-0.05, 0) is 29.3 Å². The number of hydrogen-bond acceptors (Lipinski definition) is 3. The Bertz CT molecular complexity index is 629. The first-order valence-corrected chi connectivity index (χ1v) is 7.00. The van der Waals surface area contributed by atoms with E-state index in [9.17, 15) is 4.79 Å². The Hall–Kier alpha value is -2.33. The summed E-state index contributed by atoms with van der Waals surface area (Å²) < 4.78 is 5.85. The molecule has 0 fully saturated rings. The third-order valence-electron chi connectivity index (χ3n) is 3.59. The number of hydrogen-bond donors (Lipinski definition) is 2. The van der Waals surface area contributed by atoms with Crippen molar-refractivity contribution in [2.45, 2.75) is 19.1 Å². The molecule has 4 heteroatoms. The zero-order valence-electron chi connectivity index (χ0n) is 11.6. The topological polar surface area (TPSA) is 58.6 Å². The lowest BCUT2D eigenvalue weighted by atomic mass is 10.1. The van der Waals surface area contributed by atoms with Crippen molar-refractivity contribution in [2.75, 3.05) is 6.54 Å². The molecule has 0 spiro atoms. The number of nitrogens with one attached hydrogen (secondary N) is 1. The van der Waals surface area contributed by atoms with Crippen LogP contribution in [0.1, 0.15) is 21.5 Å². The fourth-order valence-electron chi connectivity index (χ4n) is 2.56. The van der Waals surface area contributed by atoms with E-state index in [0.29, 0.717) is 12.1 Å². The fourth-order valence-corrected chi connectivity index (χ4v) is 2.56. The molecule has 1 aliphatic rings. The molecule has 0 aliphatic carbocycles. The Morgan fingerprint density at radius 1 is 1.24 bits per heavy atom. The number of carboxylic acids is 1. The number of ether oxygens (including phenoxy) is 1. The van der Waals surface area contributed by atoms with Crippen LogP contribution in [-0.4, -0.2) is 23.7 Å². The first-order chi connectivity index (χ1) is 10.2. The van der Waals surface area contributed by atoms with Gasteiger partial charge in [-0.15, -0.1) is 0 Å². The molecule has 0 aromatic heterocycles. The van der Waals surface area contributed by atoms with Gasteiger partial charge in [0.1, 0.15) is 11.9 Å². The molecule has 1 atom stereocenters. The van der Waals surface area contributed by atoms with E-state index in [-0.39, 0.29) is 6.10 Å². The van der Waals surface area contributed by atoms with Gasteiger partial charge in [0, 0.05) is 19.5 Å². The van der Waals surface area contributed by atoms with E-state index >= 15 is 0 Å². The van der Waals surface area contributed by atoms with Crippen LogP contribution in [0.3, 0.4) is 0 Å². The highest BCUT2D eigenvalue weighted by Crippen LogP contribution is 2.27. The lowest BCUT2D eigenvalue weighted by Crippen LogP contribution is -2.29. The van der Waals surface area contributed by atoms with E-state index < -0.39 is 5.97 Å². The minimum absolute atomic E-state index is 0.144. The third kappa shape index (κ3) is 3.23. The predicted octanol–water partition coefficient (Wildman–Crippen LogP) is 2.48. The van der Waals surface area contributed by atoms with Gasteiger partial charge >= 0.3 is 5.97 Å². The molecule has 2 aromatic carbocycles. The Labute approximate surface area is 123 Å². The van der Waals surface area contributed by atoms with Gasteiger partial charge in [0.05, 0.1) is 5.56 Å².